The van der Waals surface area contributed by atoms with Crippen molar-refractivity contribution in [3.63, 3.8) is 0 Å². The lowest BCUT2D eigenvalue weighted by Gasteiger charge is -2.05. The van der Waals surface area contributed by atoms with Gasteiger partial charge in [-0.1, -0.05) is 6.92 Å². The normalized spacial score (nSPS) is 10.6. The molecule has 0 saturated heterocycles. The van der Waals surface area contributed by atoms with E-state index in [-0.39, 0.29) is 5.91 Å². The number of hydrogen-bond acceptors (Lipinski definition) is 2. The van der Waals surface area contributed by atoms with E-state index in [1.54, 1.807) is 6.20 Å². The van der Waals surface area contributed by atoms with Crippen LogP contribution in [0.2, 0.25) is 0 Å². The van der Waals surface area contributed by atoms with E-state index in [1.807, 2.05) is 19.2 Å². The highest BCUT2D eigenvalue weighted by molar-refractivity contribution is 5.76. The average molecular weight is 231 g/mol. The van der Waals surface area contributed by atoms with Crippen LogP contribution in [0.1, 0.15) is 19.8 Å². The Bertz CT molecular complexity index is 504. The number of fused-ring (bicyclic) bond motifs is 1. The summed E-state index contributed by atoms with van der Waals surface area (Å²) in [6, 6.07) is 6.05. The van der Waals surface area contributed by atoms with Crippen molar-refractivity contribution in [1.82, 2.24) is 14.9 Å². The summed E-state index contributed by atoms with van der Waals surface area (Å²) in [5.41, 5.74) is 1.01. The molecule has 0 atom stereocenters. The van der Waals surface area contributed by atoms with Gasteiger partial charge in [-0.15, -0.1) is 0 Å². The molecule has 2 aromatic rings. The van der Waals surface area contributed by atoms with Crippen LogP contribution < -0.4 is 5.32 Å². The predicted molar refractivity (Wildman–Crippen MR) is 67.7 cm³/mol. The topological polar surface area (TPSA) is 46.9 Å². The summed E-state index contributed by atoms with van der Waals surface area (Å²) >= 11 is 0. The van der Waals surface area contributed by atoms with Gasteiger partial charge in [-0.05, 0) is 24.6 Å². The van der Waals surface area contributed by atoms with E-state index in [0.29, 0.717) is 6.42 Å². The maximum atomic E-state index is 11.1. The smallest absolute Gasteiger partial charge is 0.219 e. The van der Waals surface area contributed by atoms with E-state index >= 15 is 0 Å². The van der Waals surface area contributed by atoms with Crippen LogP contribution in [0.3, 0.4) is 0 Å². The monoisotopic (exact) mass is 231 g/mol. The molecule has 0 fully saturated rings. The Kier molecular flexibility index (Phi) is 3.75. The Morgan fingerprint density at radius 1 is 1.47 bits per heavy atom. The third kappa shape index (κ3) is 2.84. The van der Waals surface area contributed by atoms with Crippen molar-refractivity contribution >= 4 is 16.9 Å². The Hall–Kier alpha value is -1.84. The summed E-state index contributed by atoms with van der Waals surface area (Å²) in [6.45, 7) is 3.46. The molecule has 0 aliphatic heterocycles. The number of carbonyl (C=O) groups excluding carboxylic acids is 1. The van der Waals surface area contributed by atoms with E-state index < -0.39 is 0 Å². The minimum absolute atomic E-state index is 0.112. The molecular weight excluding hydrogens is 214 g/mol. The number of nitrogens with zero attached hydrogens (tertiary/aromatic N) is 2. The Balaban J connectivity index is 1.89. The fourth-order valence-corrected chi connectivity index (χ4v) is 1.80. The van der Waals surface area contributed by atoms with Crippen molar-refractivity contribution in [1.29, 1.82) is 0 Å². The van der Waals surface area contributed by atoms with Crippen LogP contribution in [-0.2, 0) is 11.3 Å². The number of carbonyl (C=O) groups is 1. The maximum absolute atomic E-state index is 11.1. The maximum Gasteiger partial charge on any atom is 0.219 e. The van der Waals surface area contributed by atoms with E-state index in [2.05, 4.69) is 27.0 Å². The van der Waals surface area contributed by atoms with Crippen molar-refractivity contribution in [2.45, 2.75) is 26.3 Å². The van der Waals surface area contributed by atoms with Gasteiger partial charge >= 0.3 is 0 Å². The molecular formula is C13H17N3O. The molecule has 0 aliphatic rings. The first-order chi connectivity index (χ1) is 8.31. The number of rotatable bonds is 5. The van der Waals surface area contributed by atoms with Gasteiger partial charge in [0.15, 0.2) is 0 Å². The molecule has 0 saturated carbocycles. The summed E-state index contributed by atoms with van der Waals surface area (Å²) in [4.78, 5) is 15.4. The number of nitrogens with one attached hydrogen (secondary N) is 1. The molecule has 2 rings (SSSR count). The Labute approximate surface area is 101 Å². The zero-order valence-electron chi connectivity index (χ0n) is 10.0. The van der Waals surface area contributed by atoms with Crippen molar-refractivity contribution in [3.8, 4) is 0 Å². The zero-order valence-corrected chi connectivity index (χ0v) is 10.0. The van der Waals surface area contributed by atoms with Crippen LogP contribution in [-0.4, -0.2) is 22.0 Å². The van der Waals surface area contributed by atoms with Crippen LogP contribution in [0.4, 0.5) is 0 Å². The molecule has 1 amide bonds. The van der Waals surface area contributed by atoms with Crippen molar-refractivity contribution in [2.24, 2.45) is 0 Å². The van der Waals surface area contributed by atoms with Crippen LogP contribution in [0.5, 0.6) is 0 Å². The predicted octanol–water partition coefficient (Wildman–Crippen LogP) is 1.95. The molecule has 4 nitrogen and oxygen atoms in total. The van der Waals surface area contributed by atoms with Crippen LogP contribution in [0.25, 0.3) is 11.0 Å². The van der Waals surface area contributed by atoms with E-state index in [0.717, 1.165) is 30.5 Å². The molecule has 90 valence electrons. The highest BCUT2D eigenvalue weighted by Crippen LogP contribution is 2.12. The second-order valence-electron chi connectivity index (χ2n) is 3.98. The summed E-state index contributed by atoms with van der Waals surface area (Å²) in [7, 11) is 0. The first kappa shape index (κ1) is 11.6. The van der Waals surface area contributed by atoms with Crippen LogP contribution in [0, 0.1) is 0 Å². The molecule has 0 bridgehead atoms. The number of aromatic nitrogens is 2. The van der Waals surface area contributed by atoms with Gasteiger partial charge in [-0.3, -0.25) is 4.79 Å². The standard InChI is InChI=1S/C13H17N3O/c1-2-12(17)14-8-4-9-16-10-6-11-5-3-7-15-13(11)16/h3,5-7,10H,2,4,8-9H2,1H3,(H,14,17). The van der Waals surface area contributed by atoms with E-state index in [9.17, 15) is 4.79 Å². The van der Waals surface area contributed by atoms with Crippen LogP contribution >= 0.6 is 0 Å². The lowest BCUT2D eigenvalue weighted by molar-refractivity contribution is -0.120. The fraction of sp³-hybridized carbons (Fsp3) is 0.385. The molecule has 2 heterocycles. The molecule has 0 radical (unpaired) electrons. The van der Waals surface area contributed by atoms with Crippen molar-refractivity contribution in [3.05, 3.63) is 30.6 Å². The number of hydrogen-bond donors (Lipinski definition) is 1. The lowest BCUT2D eigenvalue weighted by atomic mass is 10.3. The van der Waals surface area contributed by atoms with Gasteiger partial charge in [0.25, 0.3) is 0 Å². The largest absolute Gasteiger partial charge is 0.356 e. The zero-order chi connectivity index (χ0) is 12.1. The van der Waals surface area contributed by atoms with Gasteiger partial charge in [-0.25, -0.2) is 4.98 Å². The molecule has 1 N–H and O–H groups in total. The molecule has 0 aromatic carbocycles. The van der Waals surface area contributed by atoms with Gasteiger partial charge in [0.05, 0.1) is 0 Å². The van der Waals surface area contributed by atoms with Gasteiger partial charge in [-0.2, -0.15) is 0 Å². The summed E-state index contributed by atoms with van der Waals surface area (Å²) < 4.78 is 2.12. The van der Waals surface area contributed by atoms with E-state index in [4.69, 9.17) is 0 Å². The molecule has 2 aromatic heterocycles. The minimum atomic E-state index is 0.112. The Morgan fingerprint density at radius 2 is 2.35 bits per heavy atom. The quantitative estimate of drug-likeness (QED) is 0.799. The second-order valence-corrected chi connectivity index (χ2v) is 3.98. The van der Waals surface area contributed by atoms with Crippen molar-refractivity contribution in [2.75, 3.05) is 6.54 Å². The Morgan fingerprint density at radius 3 is 3.18 bits per heavy atom. The summed E-state index contributed by atoms with van der Waals surface area (Å²) in [5.74, 6) is 0.112. The average Bonchev–Trinajstić information content (AvgIpc) is 2.78. The molecule has 0 aliphatic carbocycles. The highest BCUT2D eigenvalue weighted by Gasteiger charge is 2.01. The first-order valence-electron chi connectivity index (χ1n) is 5.98. The minimum Gasteiger partial charge on any atom is -0.356 e. The van der Waals surface area contributed by atoms with Gasteiger partial charge in [0.2, 0.25) is 5.91 Å². The van der Waals surface area contributed by atoms with Gasteiger partial charge in [0, 0.05) is 37.3 Å². The molecule has 17 heavy (non-hydrogen) atoms. The second kappa shape index (κ2) is 5.48. The van der Waals surface area contributed by atoms with Crippen LogP contribution in [0.15, 0.2) is 30.6 Å². The summed E-state index contributed by atoms with van der Waals surface area (Å²) in [6.07, 6.45) is 5.32. The first-order valence-corrected chi connectivity index (χ1v) is 5.98. The lowest BCUT2D eigenvalue weighted by Crippen LogP contribution is -2.24. The van der Waals surface area contributed by atoms with Gasteiger partial charge < -0.3 is 9.88 Å². The number of amides is 1. The molecule has 4 heteroatoms. The highest BCUT2D eigenvalue weighted by atomic mass is 16.1. The van der Waals surface area contributed by atoms with E-state index in [1.165, 1.54) is 0 Å². The SMILES string of the molecule is CCC(=O)NCCCn1ccc2cccnc21. The third-order valence-electron chi connectivity index (χ3n) is 2.74. The van der Waals surface area contributed by atoms with Gasteiger partial charge in [0.1, 0.15) is 5.65 Å². The third-order valence-corrected chi connectivity index (χ3v) is 2.74. The molecule has 0 unspecified atom stereocenters. The summed E-state index contributed by atoms with van der Waals surface area (Å²) in [5, 5.41) is 4.03. The number of aryl methyl sites for hydroxylation is 1. The number of pyridine rings is 1. The fourth-order valence-electron chi connectivity index (χ4n) is 1.80. The molecule has 0 spiro atoms. The van der Waals surface area contributed by atoms with Crippen molar-refractivity contribution < 1.29 is 4.79 Å².